The zero-order chi connectivity index (χ0) is 26.4. The number of hydrogen-bond donors (Lipinski definition) is 2. The number of nitrogens with zero attached hydrogens (tertiary/aromatic N) is 4. The zero-order valence-corrected chi connectivity index (χ0v) is 22.3. The minimum Gasteiger partial charge on any atom is -0.332 e. The van der Waals surface area contributed by atoms with Gasteiger partial charge in [-0.25, -0.2) is 4.98 Å². The van der Waals surface area contributed by atoms with Crippen molar-refractivity contribution >= 4 is 56.2 Å². The van der Waals surface area contributed by atoms with Crippen molar-refractivity contribution in [3.63, 3.8) is 0 Å². The first-order valence-corrected chi connectivity index (χ1v) is 14.2. The summed E-state index contributed by atoms with van der Waals surface area (Å²) in [7, 11) is -0.816. The lowest BCUT2D eigenvalue weighted by Crippen LogP contribution is -2.07. The lowest BCUT2D eigenvalue weighted by Gasteiger charge is -2.17. The fourth-order valence-corrected chi connectivity index (χ4v) is 5.30. The molecule has 192 valence electrons. The van der Waals surface area contributed by atoms with Crippen molar-refractivity contribution in [2.24, 2.45) is 0 Å². The van der Waals surface area contributed by atoms with Gasteiger partial charge in [-0.3, -0.25) is 0 Å². The maximum absolute atomic E-state index is 13.1. The first-order chi connectivity index (χ1) is 16.7. The first kappa shape index (κ1) is 27.4. The number of imidazole rings is 1. The first-order valence-electron chi connectivity index (χ1n) is 10.1. The van der Waals surface area contributed by atoms with E-state index in [0.717, 1.165) is 16.7 Å². The van der Waals surface area contributed by atoms with Gasteiger partial charge in [0, 0.05) is 23.0 Å². The Hall–Kier alpha value is -1.68. The molecule has 2 N–H and O–H groups in total. The predicted octanol–water partition coefficient (Wildman–Crippen LogP) is 7.17. The Morgan fingerprint density at radius 3 is 2.50 bits per heavy atom. The Morgan fingerprint density at radius 2 is 1.83 bits per heavy atom. The fraction of sp³-hybridized carbons (Fsp3) is 0.250. The molecule has 0 bridgehead atoms. The average molecular weight is 602 g/mol. The molecule has 1 unspecified atom stereocenters. The van der Waals surface area contributed by atoms with Crippen molar-refractivity contribution in [1.82, 2.24) is 19.5 Å². The van der Waals surface area contributed by atoms with Crippen LogP contribution < -0.4 is 0 Å². The summed E-state index contributed by atoms with van der Waals surface area (Å²) >= 11 is 18.8. The molecular formula is C20H16Cl3F3N4O4P2. The highest BCUT2D eigenvalue weighted by atomic mass is 35.5. The van der Waals surface area contributed by atoms with E-state index in [1.807, 2.05) is 0 Å². The maximum Gasteiger partial charge on any atom is 0.417 e. The van der Waals surface area contributed by atoms with Crippen LogP contribution in [0.3, 0.4) is 0 Å². The molecule has 16 heteroatoms. The van der Waals surface area contributed by atoms with E-state index in [1.165, 1.54) is 6.20 Å². The highest BCUT2D eigenvalue weighted by Crippen LogP contribution is 2.45. The van der Waals surface area contributed by atoms with Crippen LogP contribution in [0.15, 0.2) is 35.1 Å². The van der Waals surface area contributed by atoms with Crippen molar-refractivity contribution < 1.29 is 32.0 Å². The summed E-state index contributed by atoms with van der Waals surface area (Å²) < 4.78 is 50.7. The molecule has 0 aliphatic carbocycles. The largest absolute Gasteiger partial charge is 0.417 e. The van der Waals surface area contributed by atoms with Gasteiger partial charge < -0.3 is 23.2 Å². The van der Waals surface area contributed by atoms with Gasteiger partial charge in [-0.2, -0.15) is 18.2 Å². The van der Waals surface area contributed by atoms with Crippen LogP contribution in [0.25, 0.3) is 28.6 Å². The van der Waals surface area contributed by atoms with E-state index < -0.39 is 25.1 Å². The summed E-state index contributed by atoms with van der Waals surface area (Å²) in [5.41, 5.74) is 0.319. The summed E-state index contributed by atoms with van der Waals surface area (Å²) in [6.07, 6.45) is -2.03. The molecule has 0 radical (unpaired) electrons. The SMILES string of the molecule is CC(CCc1cc(Cl)c(-c2noc(-c3cn4cc(C(F)(F)F)cc(Cl)c4n3)n2)cc1Cl)OP(O)(O)=P. The zero-order valence-electron chi connectivity index (χ0n) is 18.1. The monoisotopic (exact) mass is 600 g/mol. The number of alkyl halides is 3. The fourth-order valence-electron chi connectivity index (χ4n) is 3.37. The number of halogens is 6. The molecule has 0 fully saturated rings. The van der Waals surface area contributed by atoms with E-state index in [0.29, 0.717) is 29.0 Å². The molecular weight excluding hydrogens is 586 g/mol. The van der Waals surface area contributed by atoms with Crippen LogP contribution in [-0.4, -0.2) is 35.4 Å². The lowest BCUT2D eigenvalue weighted by atomic mass is 10.0. The van der Waals surface area contributed by atoms with Crippen LogP contribution in [0.2, 0.25) is 15.1 Å². The normalized spacial score (nSPS) is 13.5. The summed E-state index contributed by atoms with van der Waals surface area (Å²) in [6.45, 7) is 1.68. The molecule has 0 spiro atoms. The van der Waals surface area contributed by atoms with Gasteiger partial charge in [-0.15, -0.1) is 0 Å². The standard InChI is InChI=1S/C20H16Cl3F3N4O4P2/c1-9(34-36(31,32)35)2-3-10-4-14(22)12(6-13(10)21)17-28-19(33-29-17)16-8-30-7-11(20(24,25)26)5-15(23)18(30)27-16/h4-9,31-32,35H,2-3H2,1H3. The summed E-state index contributed by atoms with van der Waals surface area (Å²) in [5.74, 6) is 0.0310. The highest BCUT2D eigenvalue weighted by Gasteiger charge is 2.32. The molecule has 1 aromatic carbocycles. The molecule has 4 aromatic rings. The van der Waals surface area contributed by atoms with Gasteiger partial charge in [0.25, 0.3) is 13.1 Å². The molecule has 36 heavy (non-hydrogen) atoms. The second-order valence-electron chi connectivity index (χ2n) is 7.78. The number of pyridine rings is 1. The Balaban J connectivity index is 1.58. The van der Waals surface area contributed by atoms with Gasteiger partial charge in [-0.05, 0) is 52.1 Å². The van der Waals surface area contributed by atoms with Crippen molar-refractivity contribution in [2.45, 2.75) is 32.0 Å². The van der Waals surface area contributed by atoms with Crippen LogP contribution in [0, 0.1) is 0 Å². The van der Waals surface area contributed by atoms with Crippen LogP contribution in [0.1, 0.15) is 24.5 Å². The third kappa shape index (κ3) is 6.23. The molecule has 3 aromatic heterocycles. The van der Waals surface area contributed by atoms with Crippen molar-refractivity contribution in [3.05, 3.63) is 56.8 Å². The third-order valence-corrected chi connectivity index (χ3v) is 6.92. The smallest absolute Gasteiger partial charge is 0.332 e. The van der Waals surface area contributed by atoms with Gasteiger partial charge in [0.15, 0.2) is 5.65 Å². The molecule has 1 atom stereocenters. The molecule has 3 heterocycles. The summed E-state index contributed by atoms with van der Waals surface area (Å²) in [6, 6.07) is 3.96. The van der Waals surface area contributed by atoms with Crippen molar-refractivity contribution in [1.29, 1.82) is 0 Å². The van der Waals surface area contributed by atoms with Crippen LogP contribution >= 0.6 is 50.6 Å². The number of fused-ring (bicyclic) bond motifs is 1. The second-order valence-corrected chi connectivity index (χ2v) is 12.0. The number of aryl methyl sites for hydroxylation is 1. The number of rotatable bonds is 7. The Bertz CT molecular complexity index is 1490. The molecule has 0 saturated heterocycles. The van der Waals surface area contributed by atoms with Gasteiger partial charge in [-0.1, -0.05) is 40.0 Å². The molecule has 0 saturated carbocycles. The number of aromatic nitrogens is 4. The quantitative estimate of drug-likeness (QED) is 0.216. The lowest BCUT2D eigenvalue weighted by molar-refractivity contribution is -0.137. The minimum atomic E-state index is -4.58. The maximum atomic E-state index is 13.1. The molecule has 0 aliphatic rings. The third-order valence-electron chi connectivity index (χ3n) is 5.00. The molecule has 4 rings (SSSR count). The molecule has 8 nitrogen and oxygen atoms in total. The van der Waals surface area contributed by atoms with Crippen molar-refractivity contribution in [3.8, 4) is 23.0 Å². The van der Waals surface area contributed by atoms with E-state index in [1.54, 1.807) is 19.1 Å². The van der Waals surface area contributed by atoms with E-state index in [2.05, 4.69) is 23.7 Å². The van der Waals surface area contributed by atoms with Crippen LogP contribution in [0.4, 0.5) is 13.2 Å². The van der Waals surface area contributed by atoms with Crippen molar-refractivity contribution in [2.75, 3.05) is 0 Å². The Morgan fingerprint density at radius 1 is 1.11 bits per heavy atom. The van der Waals surface area contributed by atoms with Gasteiger partial charge in [0.1, 0.15) is 5.69 Å². The van der Waals surface area contributed by atoms with E-state index in [4.69, 9.17) is 43.8 Å². The summed E-state index contributed by atoms with van der Waals surface area (Å²) in [4.78, 5) is 27.2. The van der Waals surface area contributed by atoms with Crippen LogP contribution in [0.5, 0.6) is 0 Å². The second kappa shape index (κ2) is 10.2. The predicted molar refractivity (Wildman–Crippen MR) is 132 cm³/mol. The van der Waals surface area contributed by atoms with Gasteiger partial charge >= 0.3 is 6.18 Å². The minimum absolute atomic E-state index is 0.0602. The van der Waals surface area contributed by atoms with Crippen LogP contribution in [-0.2, 0) is 17.1 Å². The summed E-state index contributed by atoms with van der Waals surface area (Å²) in [5, 5.41) is 4.33. The van der Waals surface area contributed by atoms with E-state index in [9.17, 15) is 23.0 Å². The molecule has 0 amide bonds. The topological polar surface area (TPSA) is 106 Å². The average Bonchev–Trinajstić information content (AvgIpc) is 3.39. The van der Waals surface area contributed by atoms with E-state index in [-0.39, 0.29) is 33.1 Å². The highest BCUT2D eigenvalue weighted by molar-refractivity contribution is 7.88. The number of benzene rings is 1. The van der Waals surface area contributed by atoms with E-state index >= 15 is 0 Å². The Labute approximate surface area is 219 Å². The molecule has 0 aliphatic heterocycles. The van der Waals surface area contributed by atoms with Gasteiger partial charge in [0.05, 0.1) is 21.7 Å². The van der Waals surface area contributed by atoms with Gasteiger partial charge in [0.2, 0.25) is 5.82 Å². The Kier molecular flexibility index (Phi) is 7.78. The number of hydrogen-bond acceptors (Lipinski definition) is 5.